The third-order valence-electron chi connectivity index (χ3n) is 2.26. The molecule has 0 aromatic carbocycles. The van der Waals surface area contributed by atoms with E-state index in [0.717, 1.165) is 11.3 Å². The minimum absolute atomic E-state index is 0.233. The van der Waals surface area contributed by atoms with Crippen LogP contribution in [0.5, 0.6) is 5.75 Å². The predicted molar refractivity (Wildman–Crippen MR) is 54.0 cm³/mol. The molecule has 2 rings (SSSR count). The predicted octanol–water partition coefficient (Wildman–Crippen LogP) is 2.01. The standard InChI is InChI=1S/C9H10ClN3O/c1-5-4-7(14-3)8-11-9(10)12-13(8)6(5)2/h4H,1-3H3. The summed E-state index contributed by atoms with van der Waals surface area (Å²) in [4.78, 5) is 4.08. The Morgan fingerprint density at radius 2 is 2.14 bits per heavy atom. The topological polar surface area (TPSA) is 39.4 Å². The molecule has 74 valence electrons. The Bertz CT molecular complexity index is 492. The molecule has 4 nitrogen and oxygen atoms in total. The van der Waals surface area contributed by atoms with Crippen molar-refractivity contribution in [3.8, 4) is 5.75 Å². The molecule has 0 amide bonds. The molecule has 2 heterocycles. The average molecular weight is 212 g/mol. The lowest BCUT2D eigenvalue weighted by molar-refractivity contribution is 0.416. The lowest BCUT2D eigenvalue weighted by Gasteiger charge is -2.06. The van der Waals surface area contributed by atoms with Gasteiger partial charge < -0.3 is 4.74 Å². The van der Waals surface area contributed by atoms with Gasteiger partial charge in [0.05, 0.1) is 7.11 Å². The minimum Gasteiger partial charge on any atom is -0.493 e. The zero-order valence-corrected chi connectivity index (χ0v) is 8.96. The largest absolute Gasteiger partial charge is 0.493 e. The van der Waals surface area contributed by atoms with E-state index >= 15 is 0 Å². The Morgan fingerprint density at radius 1 is 1.43 bits per heavy atom. The highest BCUT2D eigenvalue weighted by molar-refractivity contribution is 6.28. The fourth-order valence-corrected chi connectivity index (χ4v) is 1.52. The summed E-state index contributed by atoms with van der Waals surface area (Å²) in [5, 5.41) is 4.31. The van der Waals surface area contributed by atoms with Crippen LogP contribution in [-0.4, -0.2) is 21.7 Å². The number of rotatable bonds is 1. The first-order valence-electron chi connectivity index (χ1n) is 4.20. The number of aryl methyl sites for hydroxylation is 2. The summed E-state index contributed by atoms with van der Waals surface area (Å²) >= 11 is 5.74. The van der Waals surface area contributed by atoms with Gasteiger partial charge in [-0.3, -0.25) is 0 Å². The highest BCUT2D eigenvalue weighted by atomic mass is 35.5. The molecule has 14 heavy (non-hydrogen) atoms. The molecule has 0 bridgehead atoms. The Labute approximate surface area is 86.5 Å². The monoisotopic (exact) mass is 211 g/mol. The van der Waals surface area contributed by atoms with Crippen LogP contribution in [0, 0.1) is 13.8 Å². The van der Waals surface area contributed by atoms with Crippen molar-refractivity contribution in [3.63, 3.8) is 0 Å². The van der Waals surface area contributed by atoms with Crippen LogP contribution in [-0.2, 0) is 0 Å². The summed E-state index contributed by atoms with van der Waals surface area (Å²) in [7, 11) is 1.60. The van der Waals surface area contributed by atoms with Crippen molar-refractivity contribution in [2.45, 2.75) is 13.8 Å². The number of hydrogen-bond donors (Lipinski definition) is 0. The van der Waals surface area contributed by atoms with Gasteiger partial charge in [0.25, 0.3) is 0 Å². The molecule has 5 heteroatoms. The van der Waals surface area contributed by atoms with E-state index in [-0.39, 0.29) is 5.28 Å². The van der Waals surface area contributed by atoms with Gasteiger partial charge in [-0.1, -0.05) is 0 Å². The first kappa shape index (κ1) is 9.27. The molecule has 0 saturated carbocycles. The number of halogens is 1. The zero-order valence-electron chi connectivity index (χ0n) is 8.21. The third-order valence-corrected chi connectivity index (χ3v) is 2.42. The Kier molecular flexibility index (Phi) is 2.07. The second-order valence-electron chi connectivity index (χ2n) is 3.10. The van der Waals surface area contributed by atoms with Gasteiger partial charge in [0.1, 0.15) is 0 Å². The zero-order chi connectivity index (χ0) is 10.3. The normalized spacial score (nSPS) is 10.9. The maximum atomic E-state index is 5.74. The van der Waals surface area contributed by atoms with Crippen LogP contribution in [0.25, 0.3) is 5.65 Å². The van der Waals surface area contributed by atoms with Crippen LogP contribution in [0.1, 0.15) is 11.3 Å². The molecule has 2 aromatic heterocycles. The number of aromatic nitrogens is 3. The summed E-state index contributed by atoms with van der Waals surface area (Å²) in [6, 6.07) is 1.93. The van der Waals surface area contributed by atoms with E-state index in [1.807, 2.05) is 19.9 Å². The first-order valence-corrected chi connectivity index (χ1v) is 4.57. The van der Waals surface area contributed by atoms with Crippen molar-refractivity contribution in [2.24, 2.45) is 0 Å². The fourth-order valence-electron chi connectivity index (χ4n) is 1.36. The van der Waals surface area contributed by atoms with Gasteiger partial charge >= 0.3 is 0 Å². The number of ether oxygens (including phenoxy) is 1. The fraction of sp³-hybridized carbons (Fsp3) is 0.333. The second-order valence-corrected chi connectivity index (χ2v) is 3.44. The van der Waals surface area contributed by atoms with Crippen LogP contribution >= 0.6 is 11.6 Å². The number of pyridine rings is 1. The van der Waals surface area contributed by atoms with E-state index in [4.69, 9.17) is 16.3 Å². The van der Waals surface area contributed by atoms with Crippen molar-refractivity contribution in [1.29, 1.82) is 0 Å². The van der Waals surface area contributed by atoms with E-state index in [1.165, 1.54) is 0 Å². The molecule has 0 fully saturated rings. The molecule has 0 aliphatic rings. The van der Waals surface area contributed by atoms with E-state index in [2.05, 4.69) is 10.1 Å². The number of hydrogen-bond acceptors (Lipinski definition) is 3. The van der Waals surface area contributed by atoms with Crippen LogP contribution in [0.3, 0.4) is 0 Å². The quantitative estimate of drug-likeness (QED) is 0.725. The van der Waals surface area contributed by atoms with Gasteiger partial charge in [-0.2, -0.15) is 4.98 Å². The van der Waals surface area contributed by atoms with E-state index in [0.29, 0.717) is 11.4 Å². The highest BCUT2D eigenvalue weighted by Crippen LogP contribution is 2.23. The molecule has 0 unspecified atom stereocenters. The summed E-state index contributed by atoms with van der Waals surface area (Å²) in [5.41, 5.74) is 2.76. The first-order chi connectivity index (χ1) is 6.63. The Morgan fingerprint density at radius 3 is 2.79 bits per heavy atom. The molecule has 0 atom stereocenters. The van der Waals surface area contributed by atoms with Gasteiger partial charge in [0.15, 0.2) is 11.4 Å². The average Bonchev–Trinajstić information content (AvgIpc) is 2.54. The minimum atomic E-state index is 0.233. The summed E-state index contributed by atoms with van der Waals surface area (Å²) in [6.07, 6.45) is 0. The molecule has 0 radical (unpaired) electrons. The van der Waals surface area contributed by atoms with Gasteiger partial charge in [0, 0.05) is 5.69 Å². The lowest BCUT2D eigenvalue weighted by atomic mass is 10.2. The van der Waals surface area contributed by atoms with Crippen LogP contribution < -0.4 is 4.74 Å². The van der Waals surface area contributed by atoms with Gasteiger partial charge in [0.2, 0.25) is 5.28 Å². The van der Waals surface area contributed by atoms with Crippen molar-refractivity contribution in [3.05, 3.63) is 22.6 Å². The van der Waals surface area contributed by atoms with Crippen LogP contribution in [0.4, 0.5) is 0 Å². The van der Waals surface area contributed by atoms with Gasteiger partial charge in [-0.25, -0.2) is 4.52 Å². The molecule has 0 N–H and O–H groups in total. The number of fused-ring (bicyclic) bond motifs is 1. The smallest absolute Gasteiger partial charge is 0.243 e. The molecule has 0 saturated heterocycles. The van der Waals surface area contributed by atoms with Gasteiger partial charge in [-0.05, 0) is 37.1 Å². The van der Waals surface area contributed by atoms with Crippen molar-refractivity contribution in [2.75, 3.05) is 7.11 Å². The van der Waals surface area contributed by atoms with E-state index in [1.54, 1.807) is 11.6 Å². The Balaban J connectivity index is 2.88. The number of nitrogens with zero attached hydrogens (tertiary/aromatic N) is 3. The third kappa shape index (κ3) is 1.23. The Hall–Kier alpha value is -1.29. The van der Waals surface area contributed by atoms with E-state index in [9.17, 15) is 0 Å². The summed E-state index contributed by atoms with van der Waals surface area (Å²) in [5.74, 6) is 0.688. The molecule has 0 spiro atoms. The SMILES string of the molecule is COc1cc(C)c(C)n2nc(Cl)nc12. The summed E-state index contributed by atoms with van der Waals surface area (Å²) in [6.45, 7) is 3.96. The molecule has 2 aromatic rings. The van der Waals surface area contributed by atoms with Crippen molar-refractivity contribution < 1.29 is 4.74 Å². The van der Waals surface area contributed by atoms with Crippen LogP contribution in [0.2, 0.25) is 5.28 Å². The van der Waals surface area contributed by atoms with Crippen molar-refractivity contribution >= 4 is 17.2 Å². The maximum Gasteiger partial charge on any atom is 0.243 e. The lowest BCUT2D eigenvalue weighted by Crippen LogP contribution is -1.99. The molecular weight excluding hydrogens is 202 g/mol. The van der Waals surface area contributed by atoms with Gasteiger partial charge in [-0.15, -0.1) is 5.10 Å². The van der Waals surface area contributed by atoms with Crippen LogP contribution in [0.15, 0.2) is 6.07 Å². The van der Waals surface area contributed by atoms with E-state index < -0.39 is 0 Å². The molecule has 0 aliphatic heterocycles. The molecular formula is C9H10ClN3O. The maximum absolute atomic E-state index is 5.74. The second kappa shape index (κ2) is 3.13. The summed E-state index contributed by atoms with van der Waals surface area (Å²) < 4.78 is 6.89. The van der Waals surface area contributed by atoms with Crippen molar-refractivity contribution in [1.82, 2.24) is 14.6 Å². The molecule has 0 aliphatic carbocycles. The highest BCUT2D eigenvalue weighted by Gasteiger charge is 2.11. The number of methoxy groups -OCH3 is 1.